The summed E-state index contributed by atoms with van der Waals surface area (Å²) in [5.74, 6) is 0.775. The van der Waals surface area contributed by atoms with E-state index in [1.165, 1.54) is 17.1 Å². The molecule has 0 aliphatic rings. The van der Waals surface area contributed by atoms with Crippen LogP contribution in [0.5, 0.6) is 10.8 Å². The van der Waals surface area contributed by atoms with Crippen LogP contribution in [0.15, 0.2) is 47.5 Å². The molecule has 0 spiro atoms. The van der Waals surface area contributed by atoms with Gasteiger partial charge in [0.2, 0.25) is 5.06 Å². The fourth-order valence-electron chi connectivity index (χ4n) is 2.62. The summed E-state index contributed by atoms with van der Waals surface area (Å²) in [7, 11) is 2.00. The van der Waals surface area contributed by atoms with Crippen LogP contribution in [-0.4, -0.2) is 29.2 Å². The highest BCUT2D eigenvalue weighted by molar-refractivity contribution is 7.08. The van der Waals surface area contributed by atoms with Gasteiger partial charge in [-0.1, -0.05) is 41.9 Å². The third-order valence-electron chi connectivity index (χ3n) is 4.47. The maximum Gasteiger partial charge on any atom is 0.219 e. The van der Waals surface area contributed by atoms with Crippen molar-refractivity contribution in [3.05, 3.63) is 69.9 Å². The quantitative estimate of drug-likeness (QED) is 0.332. The number of hydrogen-bond donors (Lipinski definition) is 0. The Balaban J connectivity index is 1.79. The summed E-state index contributed by atoms with van der Waals surface area (Å²) in [5.41, 5.74) is 5.00. The van der Waals surface area contributed by atoms with Crippen LogP contribution in [0.4, 0.5) is 5.69 Å². The number of nitrogens with zero attached hydrogens (tertiary/aromatic N) is 3. The average Bonchev–Trinajstić information content (AvgIpc) is 3.03. The molecule has 0 saturated carbocycles. The average molecular weight is 414 g/mol. The topological polar surface area (TPSA) is 37.7 Å². The number of aliphatic imine (C=N–C) groups is 1. The molecule has 3 rings (SSSR count). The largest absolute Gasteiger partial charge is 0.443 e. The number of rotatable bonds is 7. The molecule has 1 heterocycles. The van der Waals surface area contributed by atoms with Gasteiger partial charge in [0.15, 0.2) is 0 Å². The van der Waals surface area contributed by atoms with E-state index in [-0.39, 0.29) is 0 Å². The van der Waals surface area contributed by atoms with Crippen LogP contribution < -0.4 is 4.74 Å². The van der Waals surface area contributed by atoms with Crippen LogP contribution in [0.1, 0.15) is 29.3 Å². The van der Waals surface area contributed by atoms with Crippen LogP contribution in [0.3, 0.4) is 0 Å². The molecule has 4 nitrogen and oxygen atoms in total. The van der Waals surface area contributed by atoms with Gasteiger partial charge in [0, 0.05) is 31.5 Å². The zero-order valence-electron chi connectivity index (χ0n) is 16.6. The second-order valence-electron chi connectivity index (χ2n) is 6.72. The van der Waals surface area contributed by atoms with Crippen LogP contribution in [-0.2, 0) is 6.42 Å². The maximum absolute atomic E-state index is 6.54. The molecule has 0 radical (unpaired) electrons. The molecule has 2 aromatic carbocycles. The summed E-state index contributed by atoms with van der Waals surface area (Å²) in [6.45, 7) is 7.04. The minimum atomic E-state index is 0.581. The Morgan fingerprint density at radius 2 is 1.93 bits per heavy atom. The fourth-order valence-corrected chi connectivity index (χ4v) is 3.60. The first-order chi connectivity index (χ1) is 13.5. The van der Waals surface area contributed by atoms with Gasteiger partial charge >= 0.3 is 0 Å². The third-order valence-corrected chi connectivity index (χ3v) is 5.74. The predicted octanol–water partition coefficient (Wildman–Crippen LogP) is 6.41. The number of hydrogen-bond acceptors (Lipinski definition) is 4. The van der Waals surface area contributed by atoms with Gasteiger partial charge in [-0.15, -0.1) is 0 Å². The van der Waals surface area contributed by atoms with Gasteiger partial charge in [0.1, 0.15) is 10.8 Å². The van der Waals surface area contributed by atoms with Gasteiger partial charge < -0.3 is 9.64 Å². The molecule has 1 aromatic heterocycles. The SMILES string of the molecule is CCN(C)C=Nc1cc(C)c(Oc2snc(Cc3ccccc3)c2Cl)cc1C. The van der Waals surface area contributed by atoms with Crippen molar-refractivity contribution in [2.75, 3.05) is 13.6 Å². The molecule has 28 heavy (non-hydrogen) atoms. The zero-order valence-corrected chi connectivity index (χ0v) is 18.1. The molecular weight excluding hydrogens is 390 g/mol. The number of benzene rings is 2. The van der Waals surface area contributed by atoms with Crippen molar-refractivity contribution in [3.63, 3.8) is 0 Å². The van der Waals surface area contributed by atoms with Crippen molar-refractivity contribution in [2.24, 2.45) is 4.99 Å². The van der Waals surface area contributed by atoms with Gasteiger partial charge in [-0.3, -0.25) is 0 Å². The molecule has 0 bridgehead atoms. The van der Waals surface area contributed by atoms with E-state index in [2.05, 4.69) is 28.4 Å². The molecule has 0 fully saturated rings. The van der Waals surface area contributed by atoms with Crippen molar-refractivity contribution in [1.82, 2.24) is 9.27 Å². The van der Waals surface area contributed by atoms with Crippen LogP contribution in [0.2, 0.25) is 5.02 Å². The number of halogens is 1. The van der Waals surface area contributed by atoms with Crippen LogP contribution >= 0.6 is 23.1 Å². The lowest BCUT2D eigenvalue weighted by Crippen LogP contribution is -2.14. The van der Waals surface area contributed by atoms with Crippen molar-refractivity contribution < 1.29 is 4.74 Å². The summed E-state index contributed by atoms with van der Waals surface area (Å²) in [6.07, 6.45) is 2.54. The molecule has 3 aromatic rings. The van der Waals surface area contributed by atoms with E-state index in [4.69, 9.17) is 16.3 Å². The number of aromatic nitrogens is 1. The molecule has 0 unspecified atom stereocenters. The molecule has 0 amide bonds. The first kappa shape index (κ1) is 20.4. The maximum atomic E-state index is 6.54. The highest BCUT2D eigenvalue weighted by atomic mass is 35.5. The fraction of sp³-hybridized carbons (Fsp3) is 0.273. The Hall–Kier alpha value is -2.37. The second-order valence-corrected chi connectivity index (χ2v) is 7.83. The Kier molecular flexibility index (Phi) is 6.70. The summed E-state index contributed by atoms with van der Waals surface area (Å²) in [6, 6.07) is 14.2. The summed E-state index contributed by atoms with van der Waals surface area (Å²) >= 11 is 7.83. The van der Waals surface area contributed by atoms with Crippen LogP contribution in [0.25, 0.3) is 0 Å². The van der Waals surface area contributed by atoms with Crippen molar-refractivity contribution in [3.8, 4) is 10.8 Å². The Labute approximate surface area is 175 Å². The van der Waals surface area contributed by atoms with Crippen molar-refractivity contribution in [1.29, 1.82) is 0 Å². The highest BCUT2D eigenvalue weighted by Gasteiger charge is 2.16. The highest BCUT2D eigenvalue weighted by Crippen LogP contribution is 2.39. The lowest BCUT2D eigenvalue weighted by Gasteiger charge is -2.12. The van der Waals surface area contributed by atoms with Gasteiger partial charge in [-0.05, 0) is 49.6 Å². The standard InChI is InChI=1S/C22H24ClN3OS/c1-5-26(4)14-24-18-11-16(3)20(12-15(18)2)27-22-21(23)19(25-28-22)13-17-9-7-6-8-10-17/h6-12,14H,5,13H2,1-4H3. The Morgan fingerprint density at radius 1 is 1.18 bits per heavy atom. The summed E-state index contributed by atoms with van der Waals surface area (Å²) in [5, 5.41) is 1.20. The molecular formula is C22H24ClN3OS. The number of aryl methyl sites for hydroxylation is 2. The van der Waals surface area contributed by atoms with Gasteiger partial charge in [-0.2, -0.15) is 4.37 Å². The van der Waals surface area contributed by atoms with Crippen molar-refractivity contribution in [2.45, 2.75) is 27.2 Å². The molecule has 0 aliphatic heterocycles. The third kappa shape index (κ3) is 4.91. The van der Waals surface area contributed by atoms with Gasteiger partial charge in [0.25, 0.3) is 0 Å². The predicted molar refractivity (Wildman–Crippen MR) is 119 cm³/mol. The van der Waals surface area contributed by atoms with Crippen LogP contribution in [0, 0.1) is 13.8 Å². The van der Waals surface area contributed by atoms with Gasteiger partial charge in [-0.25, -0.2) is 4.99 Å². The molecule has 146 valence electrons. The molecule has 0 atom stereocenters. The van der Waals surface area contributed by atoms with E-state index in [0.29, 0.717) is 16.5 Å². The number of ether oxygens (including phenoxy) is 1. The monoisotopic (exact) mass is 413 g/mol. The Bertz CT molecular complexity index is 969. The summed E-state index contributed by atoms with van der Waals surface area (Å²) in [4.78, 5) is 6.60. The lowest BCUT2D eigenvalue weighted by atomic mass is 10.1. The Morgan fingerprint density at radius 3 is 2.64 bits per heavy atom. The first-order valence-corrected chi connectivity index (χ1v) is 10.3. The van der Waals surface area contributed by atoms with E-state index < -0.39 is 0 Å². The second kappa shape index (κ2) is 9.22. The van der Waals surface area contributed by atoms with Gasteiger partial charge in [0.05, 0.1) is 17.7 Å². The summed E-state index contributed by atoms with van der Waals surface area (Å²) < 4.78 is 10.6. The lowest BCUT2D eigenvalue weighted by molar-refractivity contribution is 0.492. The van der Waals surface area contributed by atoms with E-state index in [1.54, 1.807) is 0 Å². The van der Waals surface area contributed by atoms with E-state index in [1.807, 2.05) is 62.5 Å². The minimum absolute atomic E-state index is 0.581. The van der Waals surface area contributed by atoms with Crippen molar-refractivity contribution >= 4 is 35.2 Å². The molecule has 0 N–H and O–H groups in total. The smallest absolute Gasteiger partial charge is 0.219 e. The van der Waals surface area contributed by atoms with E-state index in [9.17, 15) is 0 Å². The molecule has 6 heteroatoms. The normalized spacial score (nSPS) is 11.2. The molecule has 0 aliphatic carbocycles. The van der Waals surface area contributed by atoms with E-state index >= 15 is 0 Å². The first-order valence-electron chi connectivity index (χ1n) is 9.19. The molecule has 0 saturated heterocycles. The zero-order chi connectivity index (χ0) is 20.1. The van der Waals surface area contributed by atoms with E-state index in [0.717, 1.165) is 34.8 Å². The minimum Gasteiger partial charge on any atom is -0.443 e.